The molecule has 2 aliphatic heterocycles. The lowest BCUT2D eigenvalue weighted by molar-refractivity contribution is -0.136. The first-order valence-electron chi connectivity index (χ1n) is 23.7. The lowest BCUT2D eigenvalue weighted by atomic mass is 10.0. The monoisotopic (exact) mass is 1000 g/mol. The predicted octanol–water partition coefficient (Wildman–Crippen LogP) is 4.76. The highest BCUT2D eigenvalue weighted by Gasteiger charge is 2.44. The number of H-pyrrole nitrogens is 2. The number of amides is 4. The summed E-state index contributed by atoms with van der Waals surface area (Å²) >= 11 is 0. The minimum absolute atomic E-state index is 0.0363. The van der Waals surface area contributed by atoms with Gasteiger partial charge in [0, 0.05) is 19.6 Å². The van der Waals surface area contributed by atoms with E-state index in [2.05, 4.69) is 41.2 Å². The zero-order chi connectivity index (χ0) is 52.1. The number of nitrogens with one attached hydrogen (secondary N) is 4. The van der Waals surface area contributed by atoms with E-state index in [1.54, 1.807) is 31.6 Å². The van der Waals surface area contributed by atoms with Gasteiger partial charge in [-0.05, 0) is 52.8 Å². The van der Waals surface area contributed by atoms with Crippen molar-refractivity contribution in [3.63, 3.8) is 0 Å². The van der Waals surface area contributed by atoms with E-state index < -0.39 is 48.3 Å². The van der Waals surface area contributed by atoms with E-state index in [0.717, 1.165) is 33.6 Å². The number of aromatic amines is 2. The molecule has 4 amide bonds. The van der Waals surface area contributed by atoms with Crippen LogP contribution in [0.25, 0.3) is 33.6 Å². The summed E-state index contributed by atoms with van der Waals surface area (Å²) < 4.78 is 22.3. The summed E-state index contributed by atoms with van der Waals surface area (Å²) in [6.45, 7) is 8.27. The van der Waals surface area contributed by atoms with Crippen molar-refractivity contribution in [3.05, 3.63) is 96.4 Å². The summed E-state index contributed by atoms with van der Waals surface area (Å²) in [5.41, 5.74) is 5.24. The summed E-state index contributed by atoms with van der Waals surface area (Å²) in [6, 6.07) is 12.9. The predicted molar refractivity (Wildman–Crippen MR) is 259 cm³/mol. The molecule has 2 aliphatic rings. The number of nitrogens with zero attached hydrogens (tertiary/aromatic N) is 10. The number of hydrogen-bond donors (Lipinski definition) is 4. The fraction of sp³-hybridized carbons (Fsp3) is 0.429. The molecule has 0 radical (unpaired) electrons. The fourth-order valence-corrected chi connectivity index (χ4v) is 9.32. The van der Waals surface area contributed by atoms with E-state index in [0.29, 0.717) is 37.6 Å². The molecule has 6 atom stereocenters. The van der Waals surface area contributed by atoms with Crippen molar-refractivity contribution < 1.29 is 47.7 Å². The topological polar surface area (TPSA) is 289 Å². The van der Waals surface area contributed by atoms with E-state index >= 15 is 0 Å². The Morgan fingerprint density at radius 1 is 0.603 bits per heavy atom. The Kier molecular flexibility index (Phi) is 15.3. The molecule has 2 fully saturated rings. The molecule has 384 valence electrons. The Labute approximate surface area is 419 Å². The third-order valence-electron chi connectivity index (χ3n) is 13.2. The van der Waals surface area contributed by atoms with E-state index in [-0.39, 0.29) is 53.5 Å². The maximum Gasteiger partial charge on any atom is 0.407 e. The molecule has 6 unspecified atom stereocenters. The number of esters is 2. The molecule has 6 aromatic rings. The van der Waals surface area contributed by atoms with Gasteiger partial charge in [0.2, 0.25) is 11.8 Å². The zero-order valence-electron chi connectivity index (χ0n) is 41.6. The molecule has 4 aromatic heterocycles. The number of ether oxygens (including phenoxy) is 4. The maximum absolute atomic E-state index is 14.2. The molecule has 2 saturated heterocycles. The van der Waals surface area contributed by atoms with Crippen LogP contribution in [0, 0.1) is 17.8 Å². The highest BCUT2D eigenvalue weighted by atomic mass is 16.5. The average molecular weight is 1000 g/mol. The van der Waals surface area contributed by atoms with Gasteiger partial charge in [0.1, 0.15) is 23.7 Å². The van der Waals surface area contributed by atoms with Gasteiger partial charge in [-0.15, -0.1) is 10.2 Å². The minimum atomic E-state index is -0.886. The van der Waals surface area contributed by atoms with Crippen LogP contribution in [0.2, 0.25) is 0 Å². The van der Waals surface area contributed by atoms with Gasteiger partial charge in [0.25, 0.3) is 0 Å². The molecule has 0 saturated carbocycles. The van der Waals surface area contributed by atoms with E-state index in [1.807, 2.05) is 76.2 Å². The van der Waals surface area contributed by atoms with Gasteiger partial charge in [0.15, 0.2) is 11.4 Å². The summed E-state index contributed by atoms with van der Waals surface area (Å²) in [5.74, 6) is -1.34. The number of aromatic nitrogens is 10. The Hall–Kier alpha value is -8.44. The Bertz CT molecular complexity index is 2940. The first-order chi connectivity index (χ1) is 35.1. The van der Waals surface area contributed by atoms with Gasteiger partial charge in [-0.25, -0.2) is 33.8 Å². The second-order valence-electron chi connectivity index (χ2n) is 18.6. The van der Waals surface area contributed by atoms with Crippen molar-refractivity contribution in [2.75, 3.05) is 41.5 Å². The largest absolute Gasteiger partial charge is 0.464 e. The van der Waals surface area contributed by atoms with Crippen LogP contribution in [0.4, 0.5) is 9.59 Å². The quantitative estimate of drug-likeness (QED) is 0.0751. The molecule has 24 heteroatoms. The summed E-state index contributed by atoms with van der Waals surface area (Å²) in [4.78, 5) is 97.0. The van der Waals surface area contributed by atoms with Crippen LogP contribution >= 0.6 is 0 Å². The number of carbonyl (C=O) groups excluding carboxylic acids is 6. The van der Waals surface area contributed by atoms with Crippen LogP contribution < -0.4 is 10.6 Å². The number of alkyl carbamates (subject to hydrolysis) is 2. The highest BCUT2D eigenvalue weighted by molar-refractivity contribution is 5.88. The molecule has 0 bridgehead atoms. The van der Waals surface area contributed by atoms with Crippen molar-refractivity contribution in [1.29, 1.82) is 0 Å². The van der Waals surface area contributed by atoms with Crippen LogP contribution in [0.3, 0.4) is 0 Å². The van der Waals surface area contributed by atoms with Crippen molar-refractivity contribution in [3.8, 4) is 33.6 Å². The average Bonchev–Trinajstić information content (AvgIpc) is 4.27. The third kappa shape index (κ3) is 11.1. The molecule has 0 spiro atoms. The van der Waals surface area contributed by atoms with Crippen LogP contribution in [0.5, 0.6) is 0 Å². The highest BCUT2D eigenvalue weighted by Crippen LogP contribution is 2.40. The van der Waals surface area contributed by atoms with Gasteiger partial charge in [-0.1, -0.05) is 86.7 Å². The molecule has 0 aliphatic carbocycles. The number of methoxy groups -OCH3 is 4. The van der Waals surface area contributed by atoms with Crippen LogP contribution in [0.15, 0.2) is 73.3 Å². The number of carbonyl (C=O) groups is 6. The molecule has 73 heavy (non-hydrogen) atoms. The molecule has 24 nitrogen and oxygen atoms in total. The zero-order valence-corrected chi connectivity index (χ0v) is 41.6. The lowest BCUT2D eigenvalue weighted by Gasteiger charge is -2.30. The minimum Gasteiger partial charge on any atom is -0.464 e. The van der Waals surface area contributed by atoms with E-state index in [4.69, 9.17) is 28.9 Å². The number of hydrogen-bond acceptors (Lipinski definition) is 16. The van der Waals surface area contributed by atoms with Crippen molar-refractivity contribution in [1.82, 2.24) is 70.4 Å². The number of imidazole rings is 2. The van der Waals surface area contributed by atoms with Gasteiger partial charge < -0.3 is 49.3 Å². The fourth-order valence-electron chi connectivity index (χ4n) is 9.32. The molecule has 4 N–H and O–H groups in total. The molecule has 6 heterocycles. The first-order valence-corrected chi connectivity index (χ1v) is 23.7. The SMILES string of the molecule is COC(=O)NC(C(=O)N1CC(Cn2cc(C(=O)OC)nn2)CC1c1ncc(-c2ccc(-c3ccc(-c4cnc(C5CC(n6cc(C(=O)OC)nn6)CN5C(=O)C(NC(=O)OC)C(C)C)[nH]4)cc3)cc2)[nH]1)C(C)C. The summed E-state index contributed by atoms with van der Waals surface area (Å²) in [7, 11) is 5.02. The van der Waals surface area contributed by atoms with E-state index in [1.165, 1.54) is 40.8 Å². The first kappa shape index (κ1) is 50.9. The molecule has 8 rings (SSSR count). The number of benzene rings is 2. The van der Waals surface area contributed by atoms with Crippen LogP contribution in [0.1, 0.15) is 91.3 Å². The standard InChI is InChI=1S/C49H58N14O10/c1-26(2)40(54-48(68)72-7)44(64)61-22-28(21-60-24-36(56-58-60)46(66)70-5)17-38(61)42-50-19-34(52-42)31-13-9-29(10-14-31)30-11-15-32(16-12-30)35-20-51-43(53-35)39-18-33(63-25-37(57-59-63)47(67)71-6)23-62(39)45(65)41(27(3)4)55-49(69)73-8/h9-16,19-20,24-28,33,38-41H,17-18,21-23H2,1-8H3,(H,50,52)(H,51,53)(H,54,68)(H,55,69). The third-order valence-corrected chi connectivity index (χ3v) is 13.2. The molecular weight excluding hydrogens is 945 g/mol. The lowest BCUT2D eigenvalue weighted by Crippen LogP contribution is -2.51. The van der Waals surface area contributed by atoms with E-state index in [9.17, 15) is 28.8 Å². The second kappa shape index (κ2) is 21.9. The van der Waals surface area contributed by atoms with Gasteiger partial charge >= 0.3 is 24.1 Å². The molecular formula is C49H58N14O10. The Morgan fingerprint density at radius 3 is 1.53 bits per heavy atom. The van der Waals surface area contributed by atoms with Crippen LogP contribution in [-0.4, -0.2) is 149 Å². The number of likely N-dealkylation sites (tertiary alicyclic amines) is 2. The van der Waals surface area contributed by atoms with Gasteiger partial charge in [0.05, 0.1) is 82.7 Å². The maximum atomic E-state index is 14.2. The van der Waals surface area contributed by atoms with Crippen molar-refractivity contribution >= 4 is 35.9 Å². The number of rotatable bonds is 16. The normalized spacial score (nSPS) is 18.4. The van der Waals surface area contributed by atoms with Crippen molar-refractivity contribution in [2.45, 2.75) is 77.3 Å². The Balaban J connectivity index is 0.980. The smallest absolute Gasteiger partial charge is 0.407 e. The van der Waals surface area contributed by atoms with Crippen LogP contribution in [-0.2, 0) is 35.1 Å². The summed E-state index contributed by atoms with van der Waals surface area (Å²) in [5, 5.41) is 21.5. The van der Waals surface area contributed by atoms with Gasteiger partial charge in [-0.2, -0.15) is 0 Å². The Morgan fingerprint density at radius 2 is 1.05 bits per heavy atom. The molecule has 2 aromatic carbocycles. The summed E-state index contributed by atoms with van der Waals surface area (Å²) in [6.07, 6.45) is 5.92. The van der Waals surface area contributed by atoms with Crippen molar-refractivity contribution in [2.24, 2.45) is 17.8 Å². The second-order valence-corrected chi connectivity index (χ2v) is 18.6. The van der Waals surface area contributed by atoms with Gasteiger partial charge in [-0.3, -0.25) is 14.3 Å².